The van der Waals surface area contributed by atoms with Gasteiger partial charge in [0, 0.05) is 23.9 Å². The summed E-state index contributed by atoms with van der Waals surface area (Å²) in [7, 11) is 1.51. The van der Waals surface area contributed by atoms with Crippen LogP contribution in [0.4, 0.5) is 11.4 Å². The van der Waals surface area contributed by atoms with E-state index in [1.54, 1.807) is 36.4 Å². The molecule has 2 fully saturated rings. The van der Waals surface area contributed by atoms with Crippen molar-refractivity contribution >= 4 is 35.2 Å². The van der Waals surface area contributed by atoms with E-state index in [1.165, 1.54) is 42.6 Å². The van der Waals surface area contributed by atoms with E-state index in [-0.39, 0.29) is 11.3 Å². The molecule has 0 aliphatic carbocycles. The van der Waals surface area contributed by atoms with E-state index in [1.807, 2.05) is 0 Å². The zero-order valence-electron chi connectivity index (χ0n) is 17.4. The Hall–Kier alpha value is -4.34. The van der Waals surface area contributed by atoms with Crippen LogP contribution in [0.1, 0.15) is 10.4 Å². The van der Waals surface area contributed by atoms with Crippen molar-refractivity contribution in [2.45, 2.75) is 12.1 Å². The minimum absolute atomic E-state index is 0.0847. The quantitative estimate of drug-likeness (QED) is 0.299. The lowest BCUT2D eigenvalue weighted by molar-refractivity contribution is -0.384. The third-order valence-corrected chi connectivity index (χ3v) is 6.23. The van der Waals surface area contributed by atoms with Gasteiger partial charge in [0.2, 0.25) is 11.8 Å². The first-order valence-electron chi connectivity index (χ1n) is 10.2. The summed E-state index contributed by atoms with van der Waals surface area (Å²) in [6.45, 7) is 0. The SMILES string of the molecule is COc1ccc(N2C(=O)[C@@H]3[C@H](C2=O)[C@H]2C=CC=NN2[C@@H]3C(=O)c2cccc([N+](=O)[O-])c2)cc1. The molecule has 2 amide bonds. The van der Waals surface area contributed by atoms with E-state index >= 15 is 0 Å². The molecule has 2 aromatic carbocycles. The van der Waals surface area contributed by atoms with Crippen LogP contribution in [0.3, 0.4) is 0 Å². The Morgan fingerprint density at radius 3 is 2.52 bits per heavy atom. The molecule has 0 aromatic heterocycles. The normalized spacial score (nSPS) is 25.2. The second-order valence-corrected chi connectivity index (χ2v) is 7.90. The first-order valence-corrected chi connectivity index (χ1v) is 10.2. The van der Waals surface area contributed by atoms with Crippen LogP contribution < -0.4 is 9.64 Å². The van der Waals surface area contributed by atoms with Gasteiger partial charge in [-0.05, 0) is 30.3 Å². The van der Waals surface area contributed by atoms with Crippen molar-refractivity contribution in [1.82, 2.24) is 5.01 Å². The smallest absolute Gasteiger partial charge is 0.270 e. The van der Waals surface area contributed by atoms with Gasteiger partial charge in [-0.2, -0.15) is 5.10 Å². The topological polar surface area (TPSA) is 122 Å². The molecule has 0 radical (unpaired) electrons. The number of hydrogen-bond donors (Lipinski definition) is 0. The number of methoxy groups -OCH3 is 1. The van der Waals surface area contributed by atoms with Gasteiger partial charge in [0.25, 0.3) is 5.69 Å². The molecule has 3 aliphatic rings. The molecule has 0 saturated carbocycles. The highest BCUT2D eigenvalue weighted by Gasteiger charge is 2.64. The highest BCUT2D eigenvalue weighted by molar-refractivity contribution is 6.24. The number of hydrazone groups is 1. The van der Waals surface area contributed by atoms with E-state index in [4.69, 9.17) is 4.74 Å². The largest absolute Gasteiger partial charge is 0.497 e. The van der Waals surface area contributed by atoms with Gasteiger partial charge in [0.05, 0.1) is 35.6 Å². The van der Waals surface area contributed by atoms with Crippen molar-refractivity contribution in [1.29, 1.82) is 0 Å². The lowest BCUT2D eigenvalue weighted by Crippen LogP contribution is -2.46. The summed E-state index contributed by atoms with van der Waals surface area (Å²) in [4.78, 5) is 52.2. The molecule has 3 aliphatic heterocycles. The van der Waals surface area contributed by atoms with Crippen LogP contribution in [-0.4, -0.2) is 52.9 Å². The zero-order valence-corrected chi connectivity index (χ0v) is 17.4. The second-order valence-electron chi connectivity index (χ2n) is 7.90. The number of ether oxygens (including phenoxy) is 1. The minimum Gasteiger partial charge on any atom is -0.497 e. The highest BCUT2D eigenvalue weighted by Crippen LogP contribution is 2.46. The number of non-ortho nitro benzene ring substituents is 1. The van der Waals surface area contributed by atoms with Gasteiger partial charge in [-0.25, -0.2) is 4.90 Å². The summed E-state index contributed by atoms with van der Waals surface area (Å²) in [6.07, 6.45) is 4.90. The summed E-state index contributed by atoms with van der Waals surface area (Å²) in [5.41, 5.74) is 0.237. The molecule has 0 spiro atoms. The number of imide groups is 1. The summed E-state index contributed by atoms with van der Waals surface area (Å²) >= 11 is 0. The van der Waals surface area contributed by atoms with Crippen LogP contribution in [0.2, 0.25) is 0 Å². The van der Waals surface area contributed by atoms with Crippen LogP contribution in [0.15, 0.2) is 65.8 Å². The van der Waals surface area contributed by atoms with Gasteiger partial charge >= 0.3 is 0 Å². The van der Waals surface area contributed by atoms with Crippen LogP contribution in [0.5, 0.6) is 5.75 Å². The highest BCUT2D eigenvalue weighted by atomic mass is 16.6. The maximum Gasteiger partial charge on any atom is 0.270 e. The first-order chi connectivity index (χ1) is 15.9. The fourth-order valence-corrected chi connectivity index (χ4v) is 4.77. The van der Waals surface area contributed by atoms with Crippen molar-refractivity contribution in [3.63, 3.8) is 0 Å². The molecule has 2 aromatic rings. The van der Waals surface area contributed by atoms with E-state index < -0.39 is 46.4 Å². The number of nitro benzene ring substituents is 1. The molecule has 33 heavy (non-hydrogen) atoms. The van der Waals surface area contributed by atoms with Crippen LogP contribution in [-0.2, 0) is 9.59 Å². The predicted molar refractivity (Wildman–Crippen MR) is 117 cm³/mol. The number of Topliss-reactive ketones (excluding diaryl/α,β-unsaturated/α-hetero) is 1. The molecule has 5 rings (SSSR count). The van der Waals surface area contributed by atoms with E-state index in [2.05, 4.69) is 5.10 Å². The first kappa shape index (κ1) is 20.6. The third kappa shape index (κ3) is 3.10. The van der Waals surface area contributed by atoms with Crippen LogP contribution in [0.25, 0.3) is 0 Å². The number of fused-ring (bicyclic) bond motifs is 3. The monoisotopic (exact) mass is 446 g/mol. The van der Waals surface area contributed by atoms with Crippen molar-refractivity contribution in [2.24, 2.45) is 16.9 Å². The Morgan fingerprint density at radius 2 is 1.82 bits per heavy atom. The number of anilines is 1. The lowest BCUT2D eigenvalue weighted by atomic mass is 9.86. The molecule has 10 nitrogen and oxygen atoms in total. The minimum atomic E-state index is -1.07. The number of nitrogens with zero attached hydrogens (tertiary/aromatic N) is 4. The Labute approximate surface area is 187 Å². The second kappa shape index (κ2) is 7.66. The number of carbonyl (C=O) groups excluding carboxylic acids is 3. The number of nitro groups is 1. The molecular formula is C23H18N4O6. The molecule has 166 valence electrons. The Kier molecular flexibility index (Phi) is 4.77. The van der Waals surface area contributed by atoms with Gasteiger partial charge in [-0.3, -0.25) is 29.5 Å². The van der Waals surface area contributed by atoms with Crippen molar-refractivity contribution in [2.75, 3.05) is 12.0 Å². The summed E-state index contributed by atoms with van der Waals surface area (Å²) in [5, 5.41) is 16.9. The fraction of sp³-hybridized carbons (Fsp3) is 0.217. The Bertz CT molecular complexity index is 1240. The summed E-state index contributed by atoms with van der Waals surface area (Å²) < 4.78 is 5.14. The average molecular weight is 446 g/mol. The Balaban J connectivity index is 1.55. The lowest BCUT2D eigenvalue weighted by Gasteiger charge is -2.30. The summed E-state index contributed by atoms with van der Waals surface area (Å²) in [6, 6.07) is 10.2. The van der Waals surface area contributed by atoms with Crippen molar-refractivity contribution < 1.29 is 24.0 Å². The number of rotatable bonds is 5. The molecule has 4 atom stereocenters. The number of allylic oxidation sites excluding steroid dienone is 1. The van der Waals surface area contributed by atoms with Gasteiger partial charge in [0.1, 0.15) is 11.8 Å². The van der Waals surface area contributed by atoms with Gasteiger partial charge in [-0.15, -0.1) is 0 Å². The number of carbonyl (C=O) groups is 3. The van der Waals surface area contributed by atoms with Crippen LogP contribution in [0, 0.1) is 22.0 Å². The summed E-state index contributed by atoms with van der Waals surface area (Å²) in [5.74, 6) is -2.62. The molecule has 3 heterocycles. The van der Waals surface area contributed by atoms with Crippen molar-refractivity contribution in [3.05, 3.63) is 76.4 Å². The maximum atomic E-state index is 13.5. The van der Waals surface area contributed by atoms with E-state index in [0.717, 1.165) is 4.90 Å². The zero-order chi connectivity index (χ0) is 23.3. The molecule has 10 heteroatoms. The number of hydrogen-bond acceptors (Lipinski definition) is 8. The number of amides is 2. The molecule has 0 unspecified atom stereocenters. The molecule has 0 bridgehead atoms. The maximum absolute atomic E-state index is 13.5. The van der Waals surface area contributed by atoms with Gasteiger partial charge in [-0.1, -0.05) is 18.2 Å². The van der Waals surface area contributed by atoms with E-state index in [0.29, 0.717) is 11.4 Å². The third-order valence-electron chi connectivity index (χ3n) is 6.23. The number of benzene rings is 2. The molecule has 0 N–H and O–H groups in total. The standard InChI is InChI=1S/C23H18N4O6/c1-33-16-9-7-14(8-10-16)25-22(29)18-17-6-3-11-24-26(17)20(19(18)23(25)30)21(28)13-4-2-5-15(12-13)27(31)32/h2-12,17-20H,1H3/t17-,18-,19-,20+/m1/s1. The van der Waals surface area contributed by atoms with E-state index in [9.17, 15) is 24.5 Å². The molecule has 2 saturated heterocycles. The predicted octanol–water partition coefficient (Wildman–Crippen LogP) is 2.20. The van der Waals surface area contributed by atoms with Gasteiger partial charge < -0.3 is 4.74 Å². The fourth-order valence-electron chi connectivity index (χ4n) is 4.77. The van der Waals surface area contributed by atoms with Crippen molar-refractivity contribution in [3.8, 4) is 5.75 Å². The molecular weight excluding hydrogens is 428 g/mol. The van der Waals surface area contributed by atoms with Gasteiger partial charge in [0.15, 0.2) is 5.78 Å². The van der Waals surface area contributed by atoms with Crippen LogP contribution >= 0.6 is 0 Å². The number of ketones is 1. The Morgan fingerprint density at radius 1 is 1.09 bits per heavy atom. The average Bonchev–Trinajstić information content (AvgIpc) is 3.31.